The molecule has 0 heterocycles. The first-order chi connectivity index (χ1) is 6.67. The lowest BCUT2D eigenvalue weighted by molar-refractivity contribution is 0.0753. The van der Waals surface area contributed by atoms with E-state index in [1.165, 1.54) is 20.4 Å². The third-order valence-corrected chi connectivity index (χ3v) is 2.54. The predicted octanol–water partition coefficient (Wildman–Crippen LogP) is 1.02. The number of nitrogens with zero attached hydrogens (tertiary/aromatic N) is 1. The van der Waals surface area contributed by atoms with Crippen molar-refractivity contribution >= 4 is 17.8 Å². The van der Waals surface area contributed by atoms with Crippen LogP contribution in [0.3, 0.4) is 0 Å². The molecule has 0 saturated heterocycles. The van der Waals surface area contributed by atoms with Crippen molar-refractivity contribution in [2.45, 2.75) is 11.6 Å². The Morgan fingerprint density at radius 3 is 2.86 bits per heavy atom. The van der Waals surface area contributed by atoms with Gasteiger partial charge < -0.3 is 15.3 Å². The number of hydrogen-bond acceptors (Lipinski definition) is 4. The van der Waals surface area contributed by atoms with Gasteiger partial charge >= 0.3 is 0 Å². The predicted molar refractivity (Wildman–Crippen MR) is 56.3 cm³/mol. The van der Waals surface area contributed by atoms with Gasteiger partial charge in [-0.2, -0.15) is 0 Å². The molecule has 0 aliphatic heterocycles. The molecule has 0 saturated carbocycles. The third-order valence-electron chi connectivity index (χ3n) is 2.12. The molecule has 0 amide bonds. The van der Waals surface area contributed by atoms with Crippen molar-refractivity contribution in [1.29, 1.82) is 0 Å². The summed E-state index contributed by atoms with van der Waals surface area (Å²) in [5.41, 5.74) is 4.96. The van der Waals surface area contributed by atoms with Crippen LogP contribution in [0.15, 0.2) is 28.4 Å². The van der Waals surface area contributed by atoms with E-state index in [2.05, 4.69) is 9.99 Å². The Labute approximate surface area is 88.0 Å². The number of allylic oxidation sites excluding steroid dienone is 2. The maximum Gasteiger partial charge on any atom is 0.160 e. The highest BCUT2D eigenvalue weighted by Crippen LogP contribution is 2.29. The summed E-state index contributed by atoms with van der Waals surface area (Å²) in [7, 11) is 2.97. The molecule has 1 rings (SSSR count). The highest BCUT2D eigenvalue weighted by molar-refractivity contribution is 6.32. The summed E-state index contributed by atoms with van der Waals surface area (Å²) in [6, 6.07) is -0.371. The molecule has 1 aliphatic carbocycles. The third kappa shape index (κ3) is 1.82. The Hall–Kier alpha value is -0.840. The van der Waals surface area contributed by atoms with Gasteiger partial charge in [-0.05, 0) is 6.08 Å². The fourth-order valence-corrected chi connectivity index (χ4v) is 1.58. The van der Waals surface area contributed by atoms with Crippen LogP contribution in [-0.2, 0) is 9.57 Å². The Morgan fingerprint density at radius 2 is 2.36 bits per heavy atom. The van der Waals surface area contributed by atoms with E-state index in [1.807, 2.05) is 0 Å². The molecule has 0 fully saturated rings. The molecule has 2 atom stereocenters. The molecule has 0 aromatic rings. The lowest BCUT2D eigenvalue weighted by Gasteiger charge is -2.33. The van der Waals surface area contributed by atoms with Crippen molar-refractivity contribution in [1.82, 2.24) is 0 Å². The van der Waals surface area contributed by atoms with E-state index in [4.69, 9.17) is 22.1 Å². The standard InChI is InChI=1S/C9H13ClN2O2/c1-13-9(6-12-14-2)7(10)4-3-5-8(9)11/h3-6,8H,11H2,1-2H3. The van der Waals surface area contributed by atoms with Crippen molar-refractivity contribution in [2.75, 3.05) is 14.2 Å². The van der Waals surface area contributed by atoms with Crippen LogP contribution in [0, 0.1) is 0 Å². The van der Waals surface area contributed by atoms with Crippen molar-refractivity contribution in [3.8, 4) is 0 Å². The molecular formula is C9H13ClN2O2. The van der Waals surface area contributed by atoms with Crippen molar-refractivity contribution in [3.05, 3.63) is 23.3 Å². The van der Waals surface area contributed by atoms with Crippen LogP contribution in [0.25, 0.3) is 0 Å². The highest BCUT2D eigenvalue weighted by atomic mass is 35.5. The Balaban J connectivity index is 3.02. The summed E-state index contributed by atoms with van der Waals surface area (Å²) in [5.74, 6) is 0. The molecule has 14 heavy (non-hydrogen) atoms. The lowest BCUT2D eigenvalue weighted by atomic mass is 9.91. The van der Waals surface area contributed by atoms with Crippen molar-refractivity contribution in [2.24, 2.45) is 10.9 Å². The second-order valence-electron chi connectivity index (χ2n) is 2.84. The average molecular weight is 217 g/mol. The molecular weight excluding hydrogens is 204 g/mol. The van der Waals surface area contributed by atoms with E-state index in [0.29, 0.717) is 5.03 Å². The molecule has 0 radical (unpaired) electrons. The summed E-state index contributed by atoms with van der Waals surface area (Å²) >= 11 is 6.03. The van der Waals surface area contributed by atoms with Crippen LogP contribution < -0.4 is 5.73 Å². The summed E-state index contributed by atoms with van der Waals surface area (Å²) in [5, 5.41) is 4.13. The molecule has 1 aliphatic rings. The zero-order valence-electron chi connectivity index (χ0n) is 8.11. The molecule has 0 spiro atoms. The van der Waals surface area contributed by atoms with E-state index < -0.39 is 5.60 Å². The van der Waals surface area contributed by atoms with Gasteiger partial charge in [0.25, 0.3) is 0 Å². The molecule has 5 heteroatoms. The van der Waals surface area contributed by atoms with Gasteiger partial charge in [0, 0.05) is 7.11 Å². The number of hydrogen-bond donors (Lipinski definition) is 1. The van der Waals surface area contributed by atoms with E-state index in [9.17, 15) is 0 Å². The largest absolute Gasteiger partial charge is 0.399 e. The highest BCUT2D eigenvalue weighted by Gasteiger charge is 2.39. The number of ether oxygens (including phenoxy) is 1. The summed E-state index contributed by atoms with van der Waals surface area (Å²) in [6.07, 6.45) is 6.75. The quantitative estimate of drug-likeness (QED) is 0.566. The number of methoxy groups -OCH3 is 1. The SMILES string of the molecule is CON=CC1(OC)C(Cl)=CC=CC1N. The molecule has 2 N–H and O–H groups in total. The van der Waals surface area contributed by atoms with E-state index >= 15 is 0 Å². The van der Waals surface area contributed by atoms with Gasteiger partial charge in [-0.3, -0.25) is 0 Å². The van der Waals surface area contributed by atoms with Crippen LogP contribution >= 0.6 is 11.6 Å². The van der Waals surface area contributed by atoms with Gasteiger partial charge in [-0.15, -0.1) is 0 Å². The van der Waals surface area contributed by atoms with Crippen LogP contribution in [0.5, 0.6) is 0 Å². The van der Waals surface area contributed by atoms with Gasteiger partial charge in [0.2, 0.25) is 0 Å². The number of halogens is 1. The second-order valence-corrected chi connectivity index (χ2v) is 3.25. The van der Waals surface area contributed by atoms with Gasteiger partial charge in [0.15, 0.2) is 5.60 Å². The van der Waals surface area contributed by atoms with Crippen LogP contribution in [0.2, 0.25) is 0 Å². The molecule has 0 aromatic heterocycles. The van der Waals surface area contributed by atoms with Crippen molar-refractivity contribution in [3.63, 3.8) is 0 Å². The fourth-order valence-electron chi connectivity index (χ4n) is 1.26. The first-order valence-corrected chi connectivity index (χ1v) is 4.48. The van der Waals surface area contributed by atoms with E-state index in [-0.39, 0.29) is 6.04 Å². The van der Waals surface area contributed by atoms with E-state index in [1.54, 1.807) is 18.2 Å². The molecule has 0 aromatic carbocycles. The number of rotatable bonds is 3. The van der Waals surface area contributed by atoms with Gasteiger partial charge in [-0.25, -0.2) is 0 Å². The smallest absolute Gasteiger partial charge is 0.160 e. The van der Waals surface area contributed by atoms with Crippen LogP contribution in [-0.4, -0.2) is 32.1 Å². The summed E-state index contributed by atoms with van der Waals surface area (Å²) < 4.78 is 5.30. The zero-order valence-corrected chi connectivity index (χ0v) is 8.86. The zero-order chi connectivity index (χ0) is 10.6. The molecule has 4 nitrogen and oxygen atoms in total. The van der Waals surface area contributed by atoms with Crippen LogP contribution in [0.1, 0.15) is 0 Å². The van der Waals surface area contributed by atoms with Gasteiger partial charge in [0.1, 0.15) is 7.11 Å². The Kier molecular flexibility index (Phi) is 3.69. The molecule has 78 valence electrons. The van der Waals surface area contributed by atoms with E-state index in [0.717, 1.165) is 0 Å². The maximum atomic E-state index is 6.03. The van der Waals surface area contributed by atoms with Crippen LogP contribution in [0.4, 0.5) is 0 Å². The van der Waals surface area contributed by atoms with Gasteiger partial charge in [0.05, 0.1) is 17.3 Å². The minimum atomic E-state index is -0.910. The molecule has 2 unspecified atom stereocenters. The summed E-state index contributed by atoms with van der Waals surface area (Å²) in [6.45, 7) is 0. The molecule has 0 bridgehead atoms. The monoisotopic (exact) mass is 216 g/mol. The lowest BCUT2D eigenvalue weighted by Crippen LogP contribution is -2.51. The topological polar surface area (TPSA) is 56.8 Å². The average Bonchev–Trinajstić information content (AvgIpc) is 2.18. The fraction of sp³-hybridized carbons (Fsp3) is 0.444. The first-order valence-electron chi connectivity index (χ1n) is 4.10. The van der Waals surface area contributed by atoms with Crippen molar-refractivity contribution < 1.29 is 9.57 Å². The first kappa shape index (κ1) is 11.2. The minimum Gasteiger partial charge on any atom is -0.399 e. The Bertz CT molecular complexity index is 289. The Morgan fingerprint density at radius 1 is 1.64 bits per heavy atom. The number of oxime groups is 1. The number of nitrogens with two attached hydrogens (primary N) is 1. The summed E-state index contributed by atoms with van der Waals surface area (Å²) in [4.78, 5) is 4.59. The maximum absolute atomic E-state index is 6.03. The van der Waals surface area contributed by atoms with Gasteiger partial charge in [-0.1, -0.05) is 28.9 Å². The minimum absolute atomic E-state index is 0.371. The second kappa shape index (κ2) is 4.59. The normalized spacial score (nSPS) is 32.0.